The van der Waals surface area contributed by atoms with Crippen molar-refractivity contribution in [2.24, 2.45) is 0 Å². The Kier molecular flexibility index (Phi) is 7.00. The van der Waals surface area contributed by atoms with Crippen molar-refractivity contribution >= 4 is 53.2 Å². The molecule has 7 aromatic carbocycles. The first-order valence-corrected chi connectivity index (χ1v) is 17.9. The van der Waals surface area contributed by atoms with E-state index in [-0.39, 0.29) is 0 Å². The molecule has 0 saturated heterocycles. The highest BCUT2D eigenvalue weighted by molar-refractivity contribution is 7.26. The van der Waals surface area contributed by atoms with Gasteiger partial charge in [0.25, 0.3) is 0 Å². The molecule has 0 spiro atoms. The third kappa shape index (κ3) is 5.16. The molecule has 51 heavy (non-hydrogen) atoms. The zero-order chi connectivity index (χ0) is 33.7. The molecular weight excluding hydrogens is 639 g/mol. The zero-order valence-electron chi connectivity index (χ0n) is 27.5. The lowest BCUT2D eigenvalue weighted by atomic mass is 9.96. The third-order valence-corrected chi connectivity index (χ3v) is 10.9. The minimum Gasteiger partial charge on any atom is -0.247 e. The number of fused-ring (bicyclic) bond motifs is 7. The minimum atomic E-state index is 0.696. The van der Waals surface area contributed by atoms with Crippen molar-refractivity contribution in [1.82, 2.24) is 15.0 Å². The topological polar surface area (TPSA) is 38.7 Å². The molecule has 238 valence electrons. The van der Waals surface area contributed by atoms with Gasteiger partial charge in [0.05, 0.1) is 22.6 Å². The van der Waals surface area contributed by atoms with E-state index in [1.807, 2.05) is 35.6 Å². The van der Waals surface area contributed by atoms with Gasteiger partial charge in [-0.3, -0.25) is 0 Å². The number of hydrogen-bond donors (Lipinski definition) is 0. The predicted octanol–water partition coefficient (Wildman–Crippen LogP) is 12.9. The highest BCUT2D eigenvalue weighted by Crippen LogP contribution is 2.43. The highest BCUT2D eigenvalue weighted by atomic mass is 32.1. The summed E-state index contributed by atoms with van der Waals surface area (Å²) in [5, 5.41) is 6.17. The molecule has 0 fully saturated rings. The van der Waals surface area contributed by atoms with Gasteiger partial charge in [-0.25, -0.2) is 15.0 Å². The lowest BCUT2D eigenvalue weighted by Gasteiger charge is -2.13. The number of para-hydroxylation sites is 1. The van der Waals surface area contributed by atoms with Crippen LogP contribution in [0.3, 0.4) is 0 Å². The van der Waals surface area contributed by atoms with Crippen LogP contribution >= 0.6 is 11.3 Å². The van der Waals surface area contributed by atoms with Crippen molar-refractivity contribution in [3.63, 3.8) is 0 Å². The minimum absolute atomic E-state index is 0.696. The number of benzene rings is 7. The van der Waals surface area contributed by atoms with Crippen molar-refractivity contribution in [2.75, 3.05) is 0 Å². The molecule has 10 rings (SSSR count). The summed E-state index contributed by atoms with van der Waals surface area (Å²) in [5.41, 5.74) is 10.2. The fourth-order valence-electron chi connectivity index (χ4n) is 7.19. The second kappa shape index (κ2) is 12.1. The zero-order valence-corrected chi connectivity index (χ0v) is 28.3. The van der Waals surface area contributed by atoms with Crippen LogP contribution < -0.4 is 0 Å². The number of pyridine rings is 1. The fourth-order valence-corrected chi connectivity index (χ4v) is 8.45. The molecule has 0 atom stereocenters. The summed E-state index contributed by atoms with van der Waals surface area (Å²) in [5.74, 6) is 0.696. The van der Waals surface area contributed by atoms with Gasteiger partial charge >= 0.3 is 0 Å². The molecular formula is C47H29N3S. The summed E-state index contributed by atoms with van der Waals surface area (Å²) in [6.07, 6.45) is 0. The molecule has 0 radical (unpaired) electrons. The van der Waals surface area contributed by atoms with Gasteiger partial charge in [-0.2, -0.15) is 0 Å². The van der Waals surface area contributed by atoms with Crippen molar-refractivity contribution in [3.8, 4) is 56.3 Å². The second-order valence-electron chi connectivity index (χ2n) is 12.8. The van der Waals surface area contributed by atoms with E-state index in [0.717, 1.165) is 50.2 Å². The molecule has 0 amide bonds. The lowest BCUT2D eigenvalue weighted by molar-refractivity contribution is 1.18. The predicted molar refractivity (Wildman–Crippen MR) is 215 cm³/mol. The third-order valence-electron chi connectivity index (χ3n) is 9.69. The SMILES string of the molecule is c1ccc(-c2ccc(-c3cc(-c4cccc(-c5nc6ccccc6c6c5ccc5c7ccccc7sc56)c4)nc(-c4ccccc4)n3)cc2)cc1. The maximum atomic E-state index is 5.30. The van der Waals surface area contributed by atoms with Gasteiger partial charge in [0, 0.05) is 58.6 Å². The highest BCUT2D eigenvalue weighted by Gasteiger charge is 2.17. The molecule has 4 heteroatoms. The molecule has 0 N–H and O–H groups in total. The first kappa shape index (κ1) is 29.4. The Hall–Kier alpha value is -6.49. The first-order chi connectivity index (χ1) is 25.3. The number of aromatic nitrogens is 3. The van der Waals surface area contributed by atoms with Crippen LogP contribution in [0.15, 0.2) is 176 Å². The van der Waals surface area contributed by atoms with Crippen molar-refractivity contribution < 1.29 is 0 Å². The summed E-state index contributed by atoms with van der Waals surface area (Å²) >= 11 is 1.86. The molecule has 0 unspecified atom stereocenters. The Bertz CT molecular complexity index is 2900. The second-order valence-corrected chi connectivity index (χ2v) is 13.8. The summed E-state index contributed by atoms with van der Waals surface area (Å²) < 4.78 is 2.60. The summed E-state index contributed by atoms with van der Waals surface area (Å²) in [7, 11) is 0. The van der Waals surface area contributed by atoms with Gasteiger partial charge in [0.2, 0.25) is 0 Å². The number of nitrogens with zero attached hydrogens (tertiary/aromatic N) is 3. The molecule has 0 aliphatic carbocycles. The standard InChI is InChI=1S/C47H29N3S/c1-3-12-30(13-4-1)31-22-24-32(25-23-31)41-29-42(50-47(49-41)33-14-5-2-6-15-33)34-16-11-17-35(28-34)45-39-27-26-37-36-18-8-10-21-43(36)51-46(37)44(39)38-19-7-9-20-40(38)48-45/h1-29H. The number of hydrogen-bond acceptors (Lipinski definition) is 4. The average molecular weight is 668 g/mol. The molecule has 3 aromatic heterocycles. The summed E-state index contributed by atoms with van der Waals surface area (Å²) in [4.78, 5) is 15.5. The molecule has 0 bridgehead atoms. The smallest absolute Gasteiger partial charge is 0.160 e. The van der Waals surface area contributed by atoms with Crippen LogP contribution in [0, 0.1) is 0 Å². The van der Waals surface area contributed by atoms with Crippen LogP contribution in [0.2, 0.25) is 0 Å². The van der Waals surface area contributed by atoms with E-state index in [2.05, 4.69) is 152 Å². The first-order valence-electron chi connectivity index (χ1n) is 17.1. The Morgan fingerprint density at radius 1 is 0.353 bits per heavy atom. The summed E-state index contributed by atoms with van der Waals surface area (Å²) in [6.45, 7) is 0. The molecule has 3 heterocycles. The normalized spacial score (nSPS) is 11.5. The van der Waals surface area contributed by atoms with Gasteiger partial charge in [-0.05, 0) is 35.4 Å². The largest absolute Gasteiger partial charge is 0.247 e. The van der Waals surface area contributed by atoms with Crippen LogP contribution in [-0.4, -0.2) is 15.0 Å². The van der Waals surface area contributed by atoms with Crippen molar-refractivity contribution in [1.29, 1.82) is 0 Å². The van der Waals surface area contributed by atoms with E-state index >= 15 is 0 Å². The van der Waals surface area contributed by atoms with Gasteiger partial charge in [0.15, 0.2) is 5.82 Å². The van der Waals surface area contributed by atoms with Gasteiger partial charge < -0.3 is 0 Å². The number of thiophene rings is 1. The van der Waals surface area contributed by atoms with Crippen molar-refractivity contribution in [3.05, 3.63) is 176 Å². The fraction of sp³-hybridized carbons (Fsp3) is 0. The van der Waals surface area contributed by atoms with Crippen LogP contribution in [0.25, 0.3) is 98.1 Å². The number of rotatable bonds is 5. The monoisotopic (exact) mass is 667 g/mol. The quantitative estimate of drug-likeness (QED) is 0.171. The Labute approximate surface area is 299 Å². The van der Waals surface area contributed by atoms with Crippen molar-refractivity contribution in [2.45, 2.75) is 0 Å². The Balaban J connectivity index is 1.14. The molecule has 0 aliphatic rings. The van der Waals surface area contributed by atoms with E-state index in [1.165, 1.54) is 42.1 Å². The Morgan fingerprint density at radius 3 is 1.75 bits per heavy atom. The Morgan fingerprint density at radius 2 is 0.941 bits per heavy atom. The van der Waals surface area contributed by atoms with Crippen LogP contribution in [0.1, 0.15) is 0 Å². The van der Waals surface area contributed by atoms with E-state index in [9.17, 15) is 0 Å². The van der Waals surface area contributed by atoms with Gasteiger partial charge in [0.1, 0.15) is 0 Å². The molecule has 3 nitrogen and oxygen atoms in total. The van der Waals surface area contributed by atoms with Crippen LogP contribution in [0.5, 0.6) is 0 Å². The van der Waals surface area contributed by atoms with E-state index in [1.54, 1.807) is 0 Å². The average Bonchev–Trinajstić information content (AvgIpc) is 3.60. The molecule has 10 aromatic rings. The maximum absolute atomic E-state index is 5.30. The maximum Gasteiger partial charge on any atom is 0.160 e. The van der Waals surface area contributed by atoms with Crippen LogP contribution in [0.4, 0.5) is 0 Å². The molecule has 0 saturated carbocycles. The van der Waals surface area contributed by atoms with Gasteiger partial charge in [-0.15, -0.1) is 11.3 Å². The lowest BCUT2D eigenvalue weighted by Crippen LogP contribution is -1.96. The van der Waals surface area contributed by atoms with E-state index < -0.39 is 0 Å². The van der Waals surface area contributed by atoms with Crippen LogP contribution in [-0.2, 0) is 0 Å². The molecule has 0 aliphatic heterocycles. The van der Waals surface area contributed by atoms with E-state index in [0.29, 0.717) is 5.82 Å². The van der Waals surface area contributed by atoms with E-state index in [4.69, 9.17) is 15.0 Å². The summed E-state index contributed by atoms with van der Waals surface area (Å²) in [6, 6.07) is 61.8. The van der Waals surface area contributed by atoms with Gasteiger partial charge in [-0.1, -0.05) is 152 Å².